The Hall–Kier alpha value is -1.85. The van der Waals surface area contributed by atoms with Gasteiger partial charge in [0, 0.05) is 6.42 Å². The third-order valence-corrected chi connectivity index (χ3v) is 2.52. The Balaban J connectivity index is 2.55. The van der Waals surface area contributed by atoms with Crippen LogP contribution in [0.4, 0.5) is 0 Å². The highest BCUT2D eigenvalue weighted by Crippen LogP contribution is 2.08. The van der Waals surface area contributed by atoms with E-state index in [2.05, 4.69) is 17.2 Å². The lowest BCUT2D eigenvalue weighted by atomic mass is 10.1. The van der Waals surface area contributed by atoms with E-state index in [4.69, 9.17) is 5.73 Å². The van der Waals surface area contributed by atoms with E-state index >= 15 is 0 Å². The van der Waals surface area contributed by atoms with Crippen molar-refractivity contribution in [1.29, 1.82) is 0 Å². The summed E-state index contributed by atoms with van der Waals surface area (Å²) in [5.41, 5.74) is 5.93. The van der Waals surface area contributed by atoms with E-state index in [9.17, 15) is 14.4 Å². The monoisotopic (exact) mass is 239 g/mol. The van der Waals surface area contributed by atoms with Crippen molar-refractivity contribution in [3.8, 4) is 0 Å². The van der Waals surface area contributed by atoms with Crippen LogP contribution in [0.15, 0.2) is 12.2 Å². The fourth-order valence-corrected chi connectivity index (χ4v) is 1.65. The second-order valence-electron chi connectivity index (χ2n) is 4.28. The number of amides is 3. The fourth-order valence-electron chi connectivity index (χ4n) is 1.65. The first kappa shape index (κ1) is 13.2. The minimum absolute atomic E-state index is 0.152. The van der Waals surface area contributed by atoms with Crippen molar-refractivity contribution >= 4 is 17.7 Å². The Morgan fingerprint density at radius 1 is 1.65 bits per heavy atom. The van der Waals surface area contributed by atoms with Gasteiger partial charge in [0.15, 0.2) is 0 Å². The lowest BCUT2D eigenvalue weighted by molar-refractivity contribution is -0.129. The molecule has 0 aromatic carbocycles. The number of hydrogen-bond donors (Lipinski definition) is 3. The molecule has 0 unspecified atom stereocenters. The van der Waals surface area contributed by atoms with Crippen molar-refractivity contribution in [1.82, 2.24) is 10.6 Å². The SMILES string of the molecule is C=C(C)C[C@H](NC(=O)[C@H]1CCC(=O)N1)C(N)=O. The van der Waals surface area contributed by atoms with Crippen molar-refractivity contribution in [3.63, 3.8) is 0 Å². The van der Waals surface area contributed by atoms with Gasteiger partial charge in [0.2, 0.25) is 17.7 Å². The number of hydrogen-bond acceptors (Lipinski definition) is 3. The summed E-state index contributed by atoms with van der Waals surface area (Å²) in [6.45, 7) is 5.41. The van der Waals surface area contributed by atoms with Gasteiger partial charge in [-0.05, 0) is 19.8 Å². The Morgan fingerprint density at radius 3 is 2.71 bits per heavy atom. The molecule has 17 heavy (non-hydrogen) atoms. The van der Waals surface area contributed by atoms with E-state index in [-0.39, 0.29) is 11.8 Å². The molecule has 0 radical (unpaired) electrons. The van der Waals surface area contributed by atoms with Gasteiger partial charge < -0.3 is 16.4 Å². The van der Waals surface area contributed by atoms with Crippen LogP contribution < -0.4 is 16.4 Å². The standard InChI is InChI=1S/C11H17N3O3/c1-6(2)5-8(10(12)16)14-11(17)7-3-4-9(15)13-7/h7-8H,1,3-5H2,2H3,(H2,12,16)(H,13,15)(H,14,17)/t7-,8+/m1/s1. The van der Waals surface area contributed by atoms with E-state index in [1.165, 1.54) is 0 Å². The molecule has 1 saturated heterocycles. The quantitative estimate of drug-likeness (QED) is 0.547. The van der Waals surface area contributed by atoms with Crippen LogP contribution in [0.25, 0.3) is 0 Å². The van der Waals surface area contributed by atoms with Crippen molar-refractivity contribution in [3.05, 3.63) is 12.2 Å². The minimum Gasteiger partial charge on any atom is -0.368 e. The highest BCUT2D eigenvalue weighted by molar-refractivity contribution is 5.93. The molecule has 0 aromatic rings. The third kappa shape index (κ3) is 3.90. The molecule has 1 aliphatic heterocycles. The molecule has 1 fully saturated rings. The van der Waals surface area contributed by atoms with Crippen molar-refractivity contribution in [2.75, 3.05) is 0 Å². The van der Waals surface area contributed by atoms with Crippen molar-refractivity contribution in [2.45, 2.75) is 38.3 Å². The predicted molar refractivity (Wildman–Crippen MR) is 61.7 cm³/mol. The second-order valence-corrected chi connectivity index (χ2v) is 4.28. The van der Waals surface area contributed by atoms with Crippen LogP contribution in [0.2, 0.25) is 0 Å². The maximum atomic E-state index is 11.7. The normalized spacial score (nSPS) is 20.5. The van der Waals surface area contributed by atoms with Crippen LogP contribution in [0.5, 0.6) is 0 Å². The van der Waals surface area contributed by atoms with Gasteiger partial charge >= 0.3 is 0 Å². The van der Waals surface area contributed by atoms with E-state index in [0.717, 1.165) is 5.57 Å². The summed E-state index contributed by atoms with van der Waals surface area (Å²) in [6, 6.07) is -1.33. The summed E-state index contributed by atoms with van der Waals surface area (Å²) in [5.74, 6) is -1.13. The maximum absolute atomic E-state index is 11.7. The minimum atomic E-state index is -0.766. The summed E-state index contributed by atoms with van der Waals surface area (Å²) in [7, 11) is 0. The van der Waals surface area contributed by atoms with E-state index in [1.807, 2.05) is 0 Å². The second kappa shape index (κ2) is 5.47. The van der Waals surface area contributed by atoms with Gasteiger partial charge in [0.05, 0.1) is 0 Å². The molecule has 6 nitrogen and oxygen atoms in total. The van der Waals surface area contributed by atoms with Gasteiger partial charge in [-0.25, -0.2) is 0 Å². The first-order valence-corrected chi connectivity index (χ1v) is 5.43. The van der Waals surface area contributed by atoms with E-state index in [1.54, 1.807) is 6.92 Å². The summed E-state index contributed by atoms with van der Waals surface area (Å²) in [4.78, 5) is 33.8. The predicted octanol–water partition coefficient (Wildman–Crippen LogP) is -0.799. The van der Waals surface area contributed by atoms with Crippen LogP contribution in [-0.2, 0) is 14.4 Å². The van der Waals surface area contributed by atoms with Gasteiger partial charge in [0.1, 0.15) is 12.1 Å². The van der Waals surface area contributed by atoms with Crippen LogP contribution >= 0.6 is 0 Å². The third-order valence-electron chi connectivity index (χ3n) is 2.52. The first-order chi connectivity index (χ1) is 7.90. The summed E-state index contributed by atoms with van der Waals surface area (Å²) in [6.07, 6.45) is 1.09. The molecule has 2 atom stereocenters. The molecule has 0 saturated carbocycles. The lowest BCUT2D eigenvalue weighted by Crippen LogP contribution is -2.50. The topological polar surface area (TPSA) is 101 Å². The molecule has 0 aliphatic carbocycles. The fraction of sp³-hybridized carbons (Fsp3) is 0.545. The smallest absolute Gasteiger partial charge is 0.243 e. The molecule has 1 aliphatic rings. The molecule has 94 valence electrons. The zero-order chi connectivity index (χ0) is 13.0. The average Bonchev–Trinajstić information content (AvgIpc) is 2.63. The average molecular weight is 239 g/mol. The van der Waals surface area contributed by atoms with Gasteiger partial charge in [-0.3, -0.25) is 14.4 Å². The molecule has 1 heterocycles. The number of carbonyl (C=O) groups is 3. The number of nitrogens with one attached hydrogen (secondary N) is 2. The Morgan fingerprint density at radius 2 is 2.29 bits per heavy atom. The molecule has 3 amide bonds. The Kier molecular flexibility index (Phi) is 4.25. The Bertz CT molecular complexity index is 365. The molecule has 0 aromatic heterocycles. The zero-order valence-electron chi connectivity index (χ0n) is 9.79. The zero-order valence-corrected chi connectivity index (χ0v) is 9.79. The maximum Gasteiger partial charge on any atom is 0.243 e. The molecule has 4 N–H and O–H groups in total. The molecule has 1 rings (SSSR count). The van der Waals surface area contributed by atoms with E-state index in [0.29, 0.717) is 19.3 Å². The number of carbonyl (C=O) groups excluding carboxylic acids is 3. The van der Waals surface area contributed by atoms with E-state index < -0.39 is 18.0 Å². The van der Waals surface area contributed by atoms with Crippen molar-refractivity contribution < 1.29 is 14.4 Å². The van der Waals surface area contributed by atoms with Crippen molar-refractivity contribution in [2.24, 2.45) is 5.73 Å². The molecule has 0 bridgehead atoms. The molecule has 0 spiro atoms. The largest absolute Gasteiger partial charge is 0.368 e. The van der Waals surface area contributed by atoms with Gasteiger partial charge in [0.25, 0.3) is 0 Å². The summed E-state index contributed by atoms with van der Waals surface area (Å²) >= 11 is 0. The van der Waals surface area contributed by atoms with Crippen LogP contribution in [0.3, 0.4) is 0 Å². The molecular weight excluding hydrogens is 222 g/mol. The van der Waals surface area contributed by atoms with Gasteiger partial charge in [-0.15, -0.1) is 6.58 Å². The number of nitrogens with two attached hydrogens (primary N) is 1. The highest BCUT2D eigenvalue weighted by Gasteiger charge is 2.29. The molecule has 6 heteroatoms. The summed E-state index contributed by atoms with van der Waals surface area (Å²) < 4.78 is 0. The van der Waals surface area contributed by atoms with Crippen LogP contribution in [0.1, 0.15) is 26.2 Å². The van der Waals surface area contributed by atoms with Crippen LogP contribution in [0, 0.1) is 0 Å². The van der Waals surface area contributed by atoms with Crippen LogP contribution in [-0.4, -0.2) is 29.8 Å². The highest BCUT2D eigenvalue weighted by atomic mass is 16.2. The van der Waals surface area contributed by atoms with Gasteiger partial charge in [-0.2, -0.15) is 0 Å². The summed E-state index contributed by atoms with van der Waals surface area (Å²) in [5, 5.41) is 5.05. The Labute approximate surface area is 99.6 Å². The lowest BCUT2D eigenvalue weighted by Gasteiger charge is -2.18. The number of primary amides is 1. The number of rotatable bonds is 5. The molecular formula is C11H17N3O3. The van der Waals surface area contributed by atoms with Gasteiger partial charge in [-0.1, -0.05) is 5.57 Å². The first-order valence-electron chi connectivity index (χ1n) is 5.43.